The van der Waals surface area contributed by atoms with Crippen molar-refractivity contribution in [1.82, 2.24) is 15.2 Å². The third-order valence-corrected chi connectivity index (χ3v) is 5.70. The number of benzene rings is 2. The molecule has 3 aromatic rings. The number of aromatic amines is 1. The lowest BCUT2D eigenvalue weighted by Crippen LogP contribution is -2.43. The normalized spacial score (nSPS) is 14.6. The number of fused-ring (bicyclic) bond motifs is 1. The summed E-state index contributed by atoms with van der Waals surface area (Å²) in [6.45, 7) is 1.59. The van der Waals surface area contributed by atoms with Crippen molar-refractivity contribution in [2.75, 3.05) is 13.1 Å². The molecule has 0 radical (unpaired) electrons. The summed E-state index contributed by atoms with van der Waals surface area (Å²) in [5.41, 5.74) is 2.08. The molecule has 30 heavy (non-hydrogen) atoms. The molecule has 4 rings (SSSR count). The predicted molar refractivity (Wildman–Crippen MR) is 116 cm³/mol. The Labute approximate surface area is 174 Å². The largest absolute Gasteiger partial charge is 0.352 e. The molecule has 2 heterocycles. The van der Waals surface area contributed by atoms with E-state index in [4.69, 9.17) is 0 Å². The summed E-state index contributed by atoms with van der Waals surface area (Å²) in [6, 6.07) is 19.1. The van der Waals surface area contributed by atoms with Crippen molar-refractivity contribution in [2.45, 2.75) is 25.8 Å². The van der Waals surface area contributed by atoms with Crippen LogP contribution in [0.15, 0.2) is 65.5 Å². The van der Waals surface area contributed by atoms with Gasteiger partial charge in [-0.2, -0.15) is 0 Å². The lowest BCUT2D eigenvalue weighted by Gasteiger charge is -2.31. The number of H-pyrrole nitrogens is 1. The zero-order valence-corrected chi connectivity index (χ0v) is 16.8. The first-order valence-corrected chi connectivity index (χ1v) is 10.3. The second-order valence-corrected chi connectivity index (χ2v) is 7.75. The van der Waals surface area contributed by atoms with E-state index >= 15 is 0 Å². The highest BCUT2D eigenvalue weighted by Crippen LogP contribution is 2.19. The van der Waals surface area contributed by atoms with Crippen LogP contribution >= 0.6 is 0 Å². The van der Waals surface area contributed by atoms with E-state index in [-0.39, 0.29) is 29.7 Å². The van der Waals surface area contributed by atoms with Crippen molar-refractivity contribution in [1.29, 1.82) is 0 Å². The average Bonchev–Trinajstić information content (AvgIpc) is 2.78. The molecule has 154 valence electrons. The molecule has 0 spiro atoms. The molecule has 2 aromatic carbocycles. The van der Waals surface area contributed by atoms with Crippen molar-refractivity contribution in [3.63, 3.8) is 0 Å². The summed E-state index contributed by atoms with van der Waals surface area (Å²) in [5, 5.41) is 3.90. The predicted octanol–water partition coefficient (Wildman–Crippen LogP) is 2.63. The van der Waals surface area contributed by atoms with Crippen molar-refractivity contribution in [3.05, 3.63) is 82.1 Å². The molecular formula is C24H25N3O3. The minimum absolute atomic E-state index is 0.0388. The maximum Gasteiger partial charge on any atom is 0.252 e. The summed E-state index contributed by atoms with van der Waals surface area (Å²) in [4.78, 5) is 42.1. The van der Waals surface area contributed by atoms with Crippen LogP contribution in [0.5, 0.6) is 0 Å². The van der Waals surface area contributed by atoms with Gasteiger partial charge in [0.05, 0.1) is 6.42 Å². The van der Waals surface area contributed by atoms with Gasteiger partial charge in [-0.15, -0.1) is 0 Å². The highest BCUT2D eigenvalue weighted by Gasteiger charge is 2.27. The number of amides is 2. The van der Waals surface area contributed by atoms with E-state index in [1.165, 1.54) is 0 Å². The number of hydrogen-bond acceptors (Lipinski definition) is 3. The number of aromatic nitrogens is 1. The van der Waals surface area contributed by atoms with Crippen molar-refractivity contribution in [2.24, 2.45) is 5.92 Å². The number of rotatable bonds is 5. The minimum atomic E-state index is -0.225. The molecule has 2 N–H and O–H groups in total. The molecule has 6 nitrogen and oxygen atoms in total. The van der Waals surface area contributed by atoms with Crippen LogP contribution < -0.4 is 10.9 Å². The second kappa shape index (κ2) is 8.95. The highest BCUT2D eigenvalue weighted by molar-refractivity contribution is 5.83. The number of pyridine rings is 1. The van der Waals surface area contributed by atoms with Crippen LogP contribution in [-0.4, -0.2) is 34.8 Å². The second-order valence-electron chi connectivity index (χ2n) is 7.75. The Hall–Kier alpha value is -3.41. The number of likely N-dealkylation sites (tertiary alicyclic amines) is 1. The fraction of sp³-hybridized carbons (Fsp3) is 0.292. The maximum atomic E-state index is 12.7. The van der Waals surface area contributed by atoms with Gasteiger partial charge < -0.3 is 15.2 Å². The Bertz CT molecular complexity index is 1100. The first kappa shape index (κ1) is 19.9. The van der Waals surface area contributed by atoms with Gasteiger partial charge in [-0.1, -0.05) is 48.5 Å². The first-order valence-electron chi connectivity index (χ1n) is 10.3. The smallest absolute Gasteiger partial charge is 0.252 e. The Morgan fingerprint density at radius 2 is 1.70 bits per heavy atom. The molecule has 1 saturated heterocycles. The van der Waals surface area contributed by atoms with Crippen molar-refractivity contribution < 1.29 is 9.59 Å². The van der Waals surface area contributed by atoms with E-state index < -0.39 is 0 Å². The Kier molecular flexibility index (Phi) is 5.93. The lowest BCUT2D eigenvalue weighted by molar-refractivity contribution is -0.135. The number of nitrogens with zero attached hydrogens (tertiary/aromatic N) is 1. The minimum Gasteiger partial charge on any atom is -0.352 e. The monoisotopic (exact) mass is 403 g/mol. The quantitative estimate of drug-likeness (QED) is 0.687. The number of hydrogen-bond donors (Lipinski definition) is 2. The van der Waals surface area contributed by atoms with Gasteiger partial charge in [-0.3, -0.25) is 14.4 Å². The standard InChI is InChI=1S/C24H25N3O3/c28-22(15-20-14-19-8-4-5-9-21(19)26-24(20)30)27-12-10-18(11-13-27)23(29)25-16-17-6-2-1-3-7-17/h1-9,14,18H,10-13,15-16H2,(H,25,29)(H,26,30). The third-order valence-electron chi connectivity index (χ3n) is 5.70. The van der Waals surface area contributed by atoms with E-state index in [9.17, 15) is 14.4 Å². The molecule has 1 aliphatic heterocycles. The number of carbonyl (C=O) groups is 2. The van der Waals surface area contributed by atoms with Crippen LogP contribution in [0.25, 0.3) is 10.9 Å². The molecule has 1 aromatic heterocycles. The van der Waals surface area contributed by atoms with Crippen LogP contribution in [0.4, 0.5) is 0 Å². The van der Waals surface area contributed by atoms with E-state index in [2.05, 4.69) is 10.3 Å². The summed E-state index contributed by atoms with van der Waals surface area (Å²) >= 11 is 0. The number of nitrogens with one attached hydrogen (secondary N) is 2. The molecule has 0 atom stereocenters. The van der Waals surface area contributed by atoms with E-state index in [1.807, 2.05) is 54.6 Å². The average molecular weight is 403 g/mol. The topological polar surface area (TPSA) is 82.3 Å². The first-order chi connectivity index (χ1) is 14.6. The van der Waals surface area contributed by atoms with Crippen LogP contribution in [0.2, 0.25) is 0 Å². The van der Waals surface area contributed by atoms with Gasteiger partial charge in [-0.05, 0) is 35.9 Å². The number of carbonyl (C=O) groups excluding carboxylic acids is 2. The van der Waals surface area contributed by atoms with E-state index in [1.54, 1.807) is 11.0 Å². The molecule has 6 heteroatoms. The molecule has 0 aliphatic carbocycles. The van der Waals surface area contributed by atoms with Crippen LogP contribution in [0.3, 0.4) is 0 Å². The van der Waals surface area contributed by atoms with Gasteiger partial charge in [0.1, 0.15) is 0 Å². The summed E-state index contributed by atoms with van der Waals surface area (Å²) in [5.74, 6) is -0.113. The third kappa shape index (κ3) is 4.59. The van der Waals surface area contributed by atoms with Gasteiger partial charge in [-0.25, -0.2) is 0 Å². The Morgan fingerprint density at radius 3 is 2.47 bits per heavy atom. The van der Waals surface area contributed by atoms with E-state index in [0.717, 1.165) is 16.5 Å². The Morgan fingerprint density at radius 1 is 1.00 bits per heavy atom. The highest BCUT2D eigenvalue weighted by atomic mass is 16.2. The van der Waals surface area contributed by atoms with Crippen molar-refractivity contribution >= 4 is 22.7 Å². The molecule has 1 fully saturated rings. The molecule has 0 bridgehead atoms. The fourth-order valence-electron chi connectivity index (χ4n) is 3.92. The molecular weight excluding hydrogens is 378 g/mol. The van der Waals surface area contributed by atoms with E-state index in [0.29, 0.717) is 38.0 Å². The van der Waals surface area contributed by atoms with Gasteiger partial charge in [0.25, 0.3) is 5.56 Å². The maximum absolute atomic E-state index is 12.7. The molecule has 0 unspecified atom stereocenters. The summed E-state index contributed by atoms with van der Waals surface area (Å²) in [7, 11) is 0. The number of para-hydroxylation sites is 1. The molecule has 2 amide bonds. The van der Waals surface area contributed by atoms with Gasteiger partial charge in [0.2, 0.25) is 11.8 Å². The van der Waals surface area contributed by atoms with Gasteiger partial charge in [0.15, 0.2) is 0 Å². The number of piperidine rings is 1. The zero-order chi connectivity index (χ0) is 20.9. The SMILES string of the molecule is O=C(NCc1ccccc1)C1CCN(C(=O)Cc2cc3ccccc3[nH]c2=O)CC1. The van der Waals surface area contributed by atoms with Crippen LogP contribution in [-0.2, 0) is 22.6 Å². The molecule has 1 aliphatic rings. The molecule has 0 saturated carbocycles. The zero-order valence-electron chi connectivity index (χ0n) is 16.8. The summed E-state index contributed by atoms with van der Waals surface area (Å²) < 4.78 is 0. The van der Waals surface area contributed by atoms with Gasteiger partial charge in [0, 0.05) is 36.6 Å². The van der Waals surface area contributed by atoms with Crippen molar-refractivity contribution in [3.8, 4) is 0 Å². The van der Waals surface area contributed by atoms with Crippen LogP contribution in [0, 0.1) is 5.92 Å². The fourth-order valence-corrected chi connectivity index (χ4v) is 3.92. The van der Waals surface area contributed by atoms with Crippen LogP contribution in [0.1, 0.15) is 24.0 Å². The lowest BCUT2D eigenvalue weighted by atomic mass is 9.95. The van der Waals surface area contributed by atoms with Gasteiger partial charge >= 0.3 is 0 Å². The summed E-state index contributed by atoms with van der Waals surface area (Å²) in [6.07, 6.45) is 1.35. The Balaban J connectivity index is 1.30.